The Morgan fingerprint density at radius 2 is 2.05 bits per heavy atom. The normalized spacial score (nSPS) is 17.8. The topological polar surface area (TPSA) is 43.4 Å². The van der Waals surface area contributed by atoms with Crippen molar-refractivity contribution < 1.29 is 9.47 Å². The van der Waals surface area contributed by atoms with E-state index in [0.29, 0.717) is 12.6 Å². The number of aromatic nitrogens is 1. The van der Waals surface area contributed by atoms with E-state index in [2.05, 4.69) is 26.1 Å². The number of rotatable bonds is 8. The standard InChI is InChI=1S/C16H28N2O2S/c1-5-20-16(8-6-7-9-16)15-18-13(11-19-4)14(21-15)10-17-12(2)3/h12,17H,5-11H2,1-4H3. The third-order valence-electron chi connectivity index (χ3n) is 3.95. The third kappa shape index (κ3) is 4.03. The minimum atomic E-state index is -0.141. The van der Waals surface area contributed by atoms with E-state index in [1.807, 2.05) is 0 Å². The van der Waals surface area contributed by atoms with E-state index < -0.39 is 0 Å². The zero-order valence-electron chi connectivity index (χ0n) is 13.7. The van der Waals surface area contributed by atoms with Crippen molar-refractivity contribution in [1.29, 1.82) is 0 Å². The van der Waals surface area contributed by atoms with Gasteiger partial charge in [0.05, 0.1) is 12.3 Å². The van der Waals surface area contributed by atoms with Crippen molar-refractivity contribution in [3.8, 4) is 0 Å². The van der Waals surface area contributed by atoms with Gasteiger partial charge in [-0.15, -0.1) is 11.3 Å². The van der Waals surface area contributed by atoms with Gasteiger partial charge in [0.2, 0.25) is 0 Å². The summed E-state index contributed by atoms with van der Waals surface area (Å²) in [5.74, 6) is 0. The highest BCUT2D eigenvalue weighted by Gasteiger charge is 2.39. The molecule has 21 heavy (non-hydrogen) atoms. The molecule has 0 bridgehead atoms. The third-order valence-corrected chi connectivity index (χ3v) is 5.23. The van der Waals surface area contributed by atoms with Crippen LogP contribution in [-0.4, -0.2) is 24.7 Å². The molecule has 0 radical (unpaired) electrons. The summed E-state index contributed by atoms with van der Waals surface area (Å²) in [5, 5.41) is 4.63. The van der Waals surface area contributed by atoms with Crippen molar-refractivity contribution >= 4 is 11.3 Å². The van der Waals surface area contributed by atoms with E-state index in [4.69, 9.17) is 14.5 Å². The van der Waals surface area contributed by atoms with E-state index in [0.717, 1.165) is 36.7 Å². The Labute approximate surface area is 132 Å². The highest BCUT2D eigenvalue weighted by Crippen LogP contribution is 2.44. The van der Waals surface area contributed by atoms with Crippen molar-refractivity contribution in [2.45, 2.75) is 71.2 Å². The van der Waals surface area contributed by atoms with Crippen molar-refractivity contribution in [3.05, 3.63) is 15.6 Å². The maximum Gasteiger partial charge on any atom is 0.125 e. The minimum Gasteiger partial charge on any atom is -0.378 e. The quantitative estimate of drug-likeness (QED) is 0.796. The van der Waals surface area contributed by atoms with Gasteiger partial charge in [0.1, 0.15) is 10.6 Å². The van der Waals surface area contributed by atoms with E-state index in [9.17, 15) is 0 Å². The Bertz CT molecular complexity index is 439. The highest BCUT2D eigenvalue weighted by molar-refractivity contribution is 7.11. The Morgan fingerprint density at radius 1 is 1.33 bits per heavy atom. The smallest absolute Gasteiger partial charge is 0.125 e. The maximum absolute atomic E-state index is 6.14. The molecule has 1 aliphatic rings. The van der Waals surface area contributed by atoms with Crippen LogP contribution in [-0.2, 0) is 28.2 Å². The molecule has 4 nitrogen and oxygen atoms in total. The van der Waals surface area contributed by atoms with Crippen LogP contribution in [0.3, 0.4) is 0 Å². The highest BCUT2D eigenvalue weighted by atomic mass is 32.1. The lowest BCUT2D eigenvalue weighted by atomic mass is 10.0. The van der Waals surface area contributed by atoms with Crippen molar-refractivity contribution in [2.75, 3.05) is 13.7 Å². The van der Waals surface area contributed by atoms with Gasteiger partial charge in [0.25, 0.3) is 0 Å². The molecule has 0 spiro atoms. The van der Waals surface area contributed by atoms with Crippen LogP contribution in [0.25, 0.3) is 0 Å². The van der Waals surface area contributed by atoms with Gasteiger partial charge in [-0.1, -0.05) is 26.7 Å². The number of hydrogen-bond acceptors (Lipinski definition) is 5. The maximum atomic E-state index is 6.14. The first-order valence-corrected chi connectivity index (χ1v) is 8.78. The fourth-order valence-electron chi connectivity index (χ4n) is 2.91. The van der Waals surface area contributed by atoms with Crippen molar-refractivity contribution in [1.82, 2.24) is 10.3 Å². The summed E-state index contributed by atoms with van der Waals surface area (Å²) in [7, 11) is 1.73. The summed E-state index contributed by atoms with van der Waals surface area (Å²) in [6.07, 6.45) is 4.66. The van der Waals surface area contributed by atoms with Gasteiger partial charge in [0, 0.05) is 31.2 Å². The molecule has 5 heteroatoms. The Hall–Kier alpha value is -0.490. The van der Waals surface area contributed by atoms with Crippen LogP contribution < -0.4 is 5.32 Å². The fourth-order valence-corrected chi connectivity index (χ4v) is 4.12. The lowest BCUT2D eigenvalue weighted by Crippen LogP contribution is -2.26. The Kier molecular flexibility index (Phi) is 6.17. The molecule has 0 aromatic carbocycles. The van der Waals surface area contributed by atoms with Crippen LogP contribution in [0, 0.1) is 0 Å². The number of hydrogen-bond donors (Lipinski definition) is 1. The lowest BCUT2D eigenvalue weighted by molar-refractivity contribution is -0.0393. The number of nitrogens with one attached hydrogen (secondary N) is 1. The van der Waals surface area contributed by atoms with Gasteiger partial charge in [-0.05, 0) is 19.8 Å². The summed E-state index contributed by atoms with van der Waals surface area (Å²) in [6.45, 7) is 8.58. The van der Waals surface area contributed by atoms with E-state index >= 15 is 0 Å². The largest absolute Gasteiger partial charge is 0.378 e. The molecule has 0 amide bonds. The number of nitrogens with zero attached hydrogens (tertiary/aromatic N) is 1. The fraction of sp³-hybridized carbons (Fsp3) is 0.812. The van der Waals surface area contributed by atoms with Crippen LogP contribution in [0.2, 0.25) is 0 Å². The zero-order valence-corrected chi connectivity index (χ0v) is 14.5. The zero-order chi connectivity index (χ0) is 15.3. The first-order chi connectivity index (χ1) is 10.1. The molecule has 0 saturated heterocycles. The van der Waals surface area contributed by atoms with Gasteiger partial charge in [-0.3, -0.25) is 0 Å². The van der Waals surface area contributed by atoms with Gasteiger partial charge >= 0.3 is 0 Å². The van der Waals surface area contributed by atoms with Crippen LogP contribution in [0.1, 0.15) is 62.0 Å². The molecule has 1 aromatic heterocycles. The Morgan fingerprint density at radius 3 is 2.62 bits per heavy atom. The van der Waals surface area contributed by atoms with Crippen LogP contribution >= 0.6 is 11.3 Å². The molecule has 1 fully saturated rings. The molecule has 1 saturated carbocycles. The molecular weight excluding hydrogens is 284 g/mol. The molecule has 0 aliphatic heterocycles. The Balaban J connectivity index is 2.24. The molecule has 1 aliphatic carbocycles. The minimum absolute atomic E-state index is 0.141. The second kappa shape index (κ2) is 7.68. The van der Waals surface area contributed by atoms with Crippen LogP contribution in [0.5, 0.6) is 0 Å². The van der Waals surface area contributed by atoms with E-state index in [-0.39, 0.29) is 5.60 Å². The number of ether oxygens (including phenoxy) is 2. The van der Waals surface area contributed by atoms with Crippen LogP contribution in [0.4, 0.5) is 0 Å². The van der Waals surface area contributed by atoms with Crippen molar-refractivity contribution in [3.63, 3.8) is 0 Å². The SMILES string of the molecule is CCOC1(c2nc(COC)c(CNC(C)C)s2)CCCC1. The van der Waals surface area contributed by atoms with Crippen molar-refractivity contribution in [2.24, 2.45) is 0 Å². The summed E-state index contributed by atoms with van der Waals surface area (Å²) >= 11 is 1.80. The first kappa shape index (κ1) is 16.9. The molecule has 0 atom stereocenters. The number of thiazole rings is 1. The molecule has 1 aromatic rings. The summed E-state index contributed by atoms with van der Waals surface area (Å²) < 4.78 is 11.5. The lowest BCUT2D eigenvalue weighted by Gasteiger charge is -2.26. The molecule has 1 N–H and O–H groups in total. The molecule has 120 valence electrons. The number of methoxy groups -OCH3 is 1. The average Bonchev–Trinajstić information content (AvgIpc) is 3.05. The predicted molar refractivity (Wildman–Crippen MR) is 86.6 cm³/mol. The summed E-state index contributed by atoms with van der Waals surface area (Å²) in [5.41, 5.74) is 0.925. The second-order valence-electron chi connectivity index (χ2n) is 5.99. The van der Waals surface area contributed by atoms with Gasteiger partial charge < -0.3 is 14.8 Å². The predicted octanol–water partition coefficient (Wildman–Crippen LogP) is 3.59. The van der Waals surface area contributed by atoms with Gasteiger partial charge in [-0.25, -0.2) is 4.98 Å². The average molecular weight is 312 g/mol. The monoisotopic (exact) mass is 312 g/mol. The van der Waals surface area contributed by atoms with Gasteiger partial charge in [-0.2, -0.15) is 0 Å². The molecule has 2 rings (SSSR count). The molecule has 1 heterocycles. The van der Waals surface area contributed by atoms with Crippen LogP contribution in [0.15, 0.2) is 0 Å². The first-order valence-electron chi connectivity index (χ1n) is 7.96. The summed E-state index contributed by atoms with van der Waals surface area (Å²) in [6, 6.07) is 0.471. The summed E-state index contributed by atoms with van der Waals surface area (Å²) in [4.78, 5) is 6.16. The van der Waals surface area contributed by atoms with Gasteiger partial charge in [0.15, 0.2) is 0 Å². The molecule has 0 unspecified atom stereocenters. The van der Waals surface area contributed by atoms with E-state index in [1.54, 1.807) is 18.4 Å². The molecular formula is C16H28N2O2S. The second-order valence-corrected chi connectivity index (χ2v) is 7.08. The van der Waals surface area contributed by atoms with E-state index in [1.165, 1.54) is 17.7 Å².